The van der Waals surface area contributed by atoms with E-state index in [4.69, 9.17) is 0 Å². The summed E-state index contributed by atoms with van der Waals surface area (Å²) in [6, 6.07) is 12.7. The van der Waals surface area contributed by atoms with E-state index in [9.17, 15) is 0 Å². The van der Waals surface area contributed by atoms with Crippen molar-refractivity contribution in [3.8, 4) is 0 Å². The average Bonchev–Trinajstić information content (AvgIpc) is 3.29. The Morgan fingerprint density at radius 1 is 1.03 bits per heavy atom. The Morgan fingerprint density at radius 2 is 1.78 bits per heavy atom. The van der Waals surface area contributed by atoms with Crippen molar-refractivity contribution >= 4 is 35.9 Å². The number of piperazine rings is 1. The molecular formula is C24H36IN7. The van der Waals surface area contributed by atoms with Crippen LogP contribution in [0.4, 0.5) is 5.95 Å². The molecule has 2 saturated heterocycles. The number of guanidine groups is 1. The van der Waals surface area contributed by atoms with Crippen LogP contribution < -0.4 is 10.2 Å². The second-order valence-corrected chi connectivity index (χ2v) is 8.50. The summed E-state index contributed by atoms with van der Waals surface area (Å²) in [5.74, 6) is 2.62. The molecule has 1 unspecified atom stereocenters. The van der Waals surface area contributed by atoms with E-state index in [1.165, 1.54) is 12.0 Å². The number of rotatable bonds is 7. The Hall–Kier alpha value is -1.94. The molecule has 1 atom stereocenters. The first-order valence-electron chi connectivity index (χ1n) is 11.6. The van der Waals surface area contributed by atoms with Crippen molar-refractivity contribution in [2.24, 2.45) is 10.9 Å². The maximum atomic E-state index is 4.54. The summed E-state index contributed by atoms with van der Waals surface area (Å²) in [5, 5.41) is 3.59. The summed E-state index contributed by atoms with van der Waals surface area (Å²) in [7, 11) is 1.90. The van der Waals surface area contributed by atoms with Gasteiger partial charge in [0.1, 0.15) is 0 Å². The minimum atomic E-state index is 0. The first-order chi connectivity index (χ1) is 15.3. The lowest BCUT2D eigenvalue weighted by molar-refractivity contribution is 0.254. The van der Waals surface area contributed by atoms with Gasteiger partial charge in [0.15, 0.2) is 5.96 Å². The highest BCUT2D eigenvalue weighted by Crippen LogP contribution is 2.20. The zero-order valence-electron chi connectivity index (χ0n) is 19.1. The Labute approximate surface area is 209 Å². The van der Waals surface area contributed by atoms with E-state index in [1.807, 2.05) is 25.5 Å². The number of nitrogens with one attached hydrogen (secondary N) is 1. The Balaban J connectivity index is 0.00000289. The second kappa shape index (κ2) is 12.9. The summed E-state index contributed by atoms with van der Waals surface area (Å²) in [4.78, 5) is 20.5. The summed E-state index contributed by atoms with van der Waals surface area (Å²) in [6.07, 6.45) is 7.16. The molecule has 2 aromatic rings. The van der Waals surface area contributed by atoms with Gasteiger partial charge in [-0.15, -0.1) is 24.0 Å². The first kappa shape index (κ1) is 24.7. The molecule has 0 radical (unpaired) electrons. The molecule has 1 aromatic carbocycles. The molecule has 0 bridgehead atoms. The van der Waals surface area contributed by atoms with E-state index >= 15 is 0 Å². The standard InChI is InChI=1S/C24H35N7.HI/c1-25-23(31-14-9-22(20-31)19-21-7-3-2-4-8-21)26-12-6-13-29-15-17-30(18-16-29)24-27-10-5-11-28-24;/h2-5,7-8,10-11,22H,6,9,12-20H2,1H3,(H,25,26);1H. The highest BCUT2D eigenvalue weighted by Gasteiger charge is 2.25. The zero-order chi connectivity index (χ0) is 21.3. The number of hydrogen-bond donors (Lipinski definition) is 1. The number of likely N-dealkylation sites (tertiary alicyclic amines) is 1. The Bertz CT molecular complexity index is 810. The van der Waals surface area contributed by atoms with Gasteiger partial charge in [-0.25, -0.2) is 9.97 Å². The fraction of sp³-hybridized carbons (Fsp3) is 0.542. The molecule has 0 aliphatic carbocycles. The average molecular weight is 550 g/mol. The molecule has 0 spiro atoms. The Morgan fingerprint density at radius 3 is 2.50 bits per heavy atom. The number of aromatic nitrogens is 2. The highest BCUT2D eigenvalue weighted by atomic mass is 127. The van der Waals surface area contributed by atoms with Gasteiger partial charge in [-0.3, -0.25) is 9.89 Å². The minimum Gasteiger partial charge on any atom is -0.356 e. The van der Waals surface area contributed by atoms with Gasteiger partial charge < -0.3 is 15.1 Å². The molecule has 0 saturated carbocycles. The van der Waals surface area contributed by atoms with Crippen LogP contribution in [0.1, 0.15) is 18.4 Å². The molecule has 2 fully saturated rings. The fourth-order valence-electron chi connectivity index (χ4n) is 4.60. The van der Waals surface area contributed by atoms with Gasteiger partial charge >= 0.3 is 0 Å². The van der Waals surface area contributed by atoms with Crippen LogP contribution in [0, 0.1) is 5.92 Å². The van der Waals surface area contributed by atoms with Crippen molar-refractivity contribution in [1.29, 1.82) is 0 Å². The SMILES string of the molecule is CN=C(NCCCN1CCN(c2ncccn2)CC1)N1CCC(Cc2ccccc2)C1.I. The van der Waals surface area contributed by atoms with Crippen molar-refractivity contribution in [2.75, 3.05) is 64.3 Å². The zero-order valence-corrected chi connectivity index (χ0v) is 21.4. The number of nitrogens with zero attached hydrogens (tertiary/aromatic N) is 6. The molecular weight excluding hydrogens is 513 g/mol. The van der Waals surface area contributed by atoms with Gasteiger partial charge in [0, 0.05) is 65.3 Å². The predicted octanol–water partition coefficient (Wildman–Crippen LogP) is 2.75. The van der Waals surface area contributed by atoms with Crippen LogP contribution in [0.15, 0.2) is 53.8 Å². The van der Waals surface area contributed by atoms with E-state index in [-0.39, 0.29) is 24.0 Å². The second-order valence-electron chi connectivity index (χ2n) is 8.50. The largest absolute Gasteiger partial charge is 0.356 e. The highest BCUT2D eigenvalue weighted by molar-refractivity contribution is 14.0. The quantitative estimate of drug-likeness (QED) is 0.248. The molecule has 4 rings (SSSR count). The van der Waals surface area contributed by atoms with Crippen LogP contribution in [-0.4, -0.2) is 85.1 Å². The summed E-state index contributed by atoms with van der Waals surface area (Å²) < 4.78 is 0. The van der Waals surface area contributed by atoms with Gasteiger partial charge in [-0.05, 0) is 43.4 Å². The Kier molecular flexibility index (Phi) is 9.98. The third-order valence-electron chi connectivity index (χ3n) is 6.31. The summed E-state index contributed by atoms with van der Waals surface area (Å²) in [6.45, 7) is 8.41. The molecule has 0 amide bonds. The van der Waals surface area contributed by atoms with E-state index in [0.29, 0.717) is 5.92 Å². The molecule has 2 aliphatic heterocycles. The van der Waals surface area contributed by atoms with Crippen molar-refractivity contribution in [3.05, 3.63) is 54.4 Å². The molecule has 174 valence electrons. The lowest BCUT2D eigenvalue weighted by Gasteiger charge is -2.34. The number of hydrogen-bond acceptors (Lipinski definition) is 5. The third-order valence-corrected chi connectivity index (χ3v) is 6.31. The van der Waals surface area contributed by atoms with Crippen molar-refractivity contribution in [1.82, 2.24) is 25.1 Å². The van der Waals surface area contributed by atoms with Crippen LogP contribution in [0.5, 0.6) is 0 Å². The molecule has 3 heterocycles. The summed E-state index contributed by atoms with van der Waals surface area (Å²) >= 11 is 0. The normalized spacial score (nSPS) is 19.7. The van der Waals surface area contributed by atoms with Gasteiger partial charge in [0.2, 0.25) is 5.95 Å². The fourth-order valence-corrected chi connectivity index (χ4v) is 4.60. The number of benzene rings is 1. The lowest BCUT2D eigenvalue weighted by Crippen LogP contribution is -2.47. The van der Waals surface area contributed by atoms with Crippen LogP contribution >= 0.6 is 24.0 Å². The van der Waals surface area contributed by atoms with E-state index in [2.05, 4.69) is 65.3 Å². The number of anilines is 1. The van der Waals surface area contributed by atoms with E-state index in [0.717, 1.165) is 77.1 Å². The van der Waals surface area contributed by atoms with E-state index < -0.39 is 0 Å². The number of halogens is 1. The number of aliphatic imine (C=N–C) groups is 1. The van der Waals surface area contributed by atoms with Gasteiger partial charge in [-0.1, -0.05) is 30.3 Å². The first-order valence-corrected chi connectivity index (χ1v) is 11.6. The third kappa shape index (κ3) is 7.03. The summed E-state index contributed by atoms with van der Waals surface area (Å²) in [5.41, 5.74) is 1.44. The van der Waals surface area contributed by atoms with Gasteiger partial charge in [0.25, 0.3) is 0 Å². The smallest absolute Gasteiger partial charge is 0.225 e. The topological polar surface area (TPSA) is 59.9 Å². The maximum absolute atomic E-state index is 4.54. The van der Waals surface area contributed by atoms with Crippen LogP contribution in [0.2, 0.25) is 0 Å². The molecule has 2 aliphatic rings. The minimum absolute atomic E-state index is 0. The molecule has 1 N–H and O–H groups in total. The van der Waals surface area contributed by atoms with Crippen LogP contribution in [-0.2, 0) is 6.42 Å². The van der Waals surface area contributed by atoms with Crippen molar-refractivity contribution in [3.63, 3.8) is 0 Å². The lowest BCUT2D eigenvalue weighted by atomic mass is 9.99. The predicted molar refractivity (Wildman–Crippen MR) is 142 cm³/mol. The molecule has 32 heavy (non-hydrogen) atoms. The van der Waals surface area contributed by atoms with Crippen molar-refractivity contribution < 1.29 is 0 Å². The van der Waals surface area contributed by atoms with Gasteiger partial charge in [-0.2, -0.15) is 0 Å². The molecule has 1 aromatic heterocycles. The molecule has 8 heteroatoms. The monoisotopic (exact) mass is 549 g/mol. The van der Waals surface area contributed by atoms with Gasteiger partial charge in [0.05, 0.1) is 0 Å². The van der Waals surface area contributed by atoms with E-state index in [1.54, 1.807) is 0 Å². The van der Waals surface area contributed by atoms with Crippen LogP contribution in [0.3, 0.4) is 0 Å². The van der Waals surface area contributed by atoms with Crippen molar-refractivity contribution in [2.45, 2.75) is 19.3 Å². The maximum Gasteiger partial charge on any atom is 0.225 e. The molecule has 7 nitrogen and oxygen atoms in total. The van der Waals surface area contributed by atoms with Crippen LogP contribution in [0.25, 0.3) is 0 Å².